The zero-order chi connectivity index (χ0) is 17.9. The SMILES string of the molecule is COC(=O)c1ccc(C2CCN(C(=O)OC(C)(C)C)CC2)cc1Br. The molecule has 0 unspecified atom stereocenters. The lowest BCUT2D eigenvalue weighted by molar-refractivity contribution is 0.0204. The maximum absolute atomic E-state index is 12.1. The van der Waals surface area contributed by atoms with Gasteiger partial charge in [-0.15, -0.1) is 0 Å². The average molecular weight is 398 g/mol. The Morgan fingerprint density at radius 1 is 1.21 bits per heavy atom. The van der Waals surface area contributed by atoms with E-state index in [1.54, 1.807) is 11.0 Å². The van der Waals surface area contributed by atoms with E-state index in [0.717, 1.165) is 17.3 Å². The van der Waals surface area contributed by atoms with Gasteiger partial charge in [-0.25, -0.2) is 9.59 Å². The van der Waals surface area contributed by atoms with E-state index in [4.69, 9.17) is 9.47 Å². The van der Waals surface area contributed by atoms with Crippen LogP contribution in [0.2, 0.25) is 0 Å². The van der Waals surface area contributed by atoms with Gasteiger partial charge in [0.1, 0.15) is 5.60 Å². The van der Waals surface area contributed by atoms with Crippen molar-refractivity contribution in [2.45, 2.75) is 45.1 Å². The molecule has 1 heterocycles. The lowest BCUT2D eigenvalue weighted by Gasteiger charge is -2.33. The number of carbonyl (C=O) groups excluding carboxylic acids is 2. The van der Waals surface area contributed by atoms with Crippen LogP contribution >= 0.6 is 15.9 Å². The lowest BCUT2D eigenvalue weighted by atomic mass is 9.89. The van der Waals surface area contributed by atoms with Gasteiger partial charge in [0.15, 0.2) is 0 Å². The monoisotopic (exact) mass is 397 g/mol. The predicted molar refractivity (Wildman–Crippen MR) is 95.3 cm³/mol. The van der Waals surface area contributed by atoms with Crippen LogP contribution in [0.25, 0.3) is 0 Å². The van der Waals surface area contributed by atoms with E-state index >= 15 is 0 Å². The van der Waals surface area contributed by atoms with Gasteiger partial charge in [-0.3, -0.25) is 0 Å². The molecule has 5 nitrogen and oxygen atoms in total. The van der Waals surface area contributed by atoms with Crippen LogP contribution in [0.4, 0.5) is 4.79 Å². The van der Waals surface area contributed by atoms with Crippen molar-refractivity contribution >= 4 is 28.0 Å². The number of nitrogens with zero attached hydrogens (tertiary/aromatic N) is 1. The van der Waals surface area contributed by atoms with Gasteiger partial charge in [0, 0.05) is 17.6 Å². The minimum atomic E-state index is -0.470. The fourth-order valence-electron chi connectivity index (χ4n) is 2.78. The molecule has 0 bridgehead atoms. The molecule has 1 saturated heterocycles. The quantitative estimate of drug-likeness (QED) is 0.695. The number of piperidine rings is 1. The highest BCUT2D eigenvalue weighted by atomic mass is 79.9. The smallest absolute Gasteiger partial charge is 0.410 e. The molecule has 1 fully saturated rings. The summed E-state index contributed by atoms with van der Waals surface area (Å²) >= 11 is 3.44. The number of amides is 1. The number of hydrogen-bond acceptors (Lipinski definition) is 4. The van der Waals surface area contributed by atoms with Crippen LogP contribution < -0.4 is 0 Å². The second-order valence-electron chi connectivity index (χ2n) is 6.97. The third kappa shape index (κ3) is 4.72. The topological polar surface area (TPSA) is 55.8 Å². The van der Waals surface area contributed by atoms with Gasteiger partial charge in [0.25, 0.3) is 0 Å². The Bertz CT molecular complexity index is 616. The second-order valence-corrected chi connectivity index (χ2v) is 7.83. The molecule has 132 valence electrons. The number of hydrogen-bond donors (Lipinski definition) is 0. The number of benzene rings is 1. The summed E-state index contributed by atoms with van der Waals surface area (Å²) in [5, 5.41) is 0. The summed E-state index contributed by atoms with van der Waals surface area (Å²) in [4.78, 5) is 25.5. The fourth-order valence-corrected chi connectivity index (χ4v) is 3.34. The highest BCUT2D eigenvalue weighted by Gasteiger charge is 2.27. The van der Waals surface area contributed by atoms with Crippen molar-refractivity contribution in [2.24, 2.45) is 0 Å². The van der Waals surface area contributed by atoms with Crippen LogP contribution in [-0.2, 0) is 9.47 Å². The third-order valence-corrected chi connectivity index (χ3v) is 4.67. The van der Waals surface area contributed by atoms with E-state index in [2.05, 4.69) is 15.9 Å². The van der Waals surface area contributed by atoms with Crippen LogP contribution in [0, 0.1) is 0 Å². The average Bonchev–Trinajstić information content (AvgIpc) is 2.52. The molecular formula is C18H24BrNO4. The molecule has 1 aliphatic rings. The molecular weight excluding hydrogens is 374 g/mol. The first kappa shape index (κ1) is 18.8. The second kappa shape index (κ2) is 7.55. The van der Waals surface area contributed by atoms with Gasteiger partial charge in [0.05, 0.1) is 12.7 Å². The number of halogens is 1. The summed E-state index contributed by atoms with van der Waals surface area (Å²) in [6.45, 7) is 6.97. The number of ether oxygens (including phenoxy) is 2. The van der Waals surface area contributed by atoms with Crippen LogP contribution in [0.3, 0.4) is 0 Å². The summed E-state index contributed by atoms with van der Waals surface area (Å²) in [5.41, 5.74) is 1.22. The van der Waals surface area contributed by atoms with Crippen LogP contribution in [0.5, 0.6) is 0 Å². The van der Waals surface area contributed by atoms with E-state index in [1.165, 1.54) is 12.7 Å². The van der Waals surface area contributed by atoms with Gasteiger partial charge in [-0.2, -0.15) is 0 Å². The van der Waals surface area contributed by atoms with Crippen molar-refractivity contribution in [3.8, 4) is 0 Å². The number of rotatable bonds is 2. The van der Waals surface area contributed by atoms with Crippen molar-refractivity contribution < 1.29 is 19.1 Å². The Labute approximate surface area is 151 Å². The van der Waals surface area contributed by atoms with E-state index in [1.807, 2.05) is 32.9 Å². The molecule has 1 aromatic carbocycles. The molecule has 24 heavy (non-hydrogen) atoms. The Hall–Kier alpha value is -1.56. The normalized spacial score (nSPS) is 16.0. The largest absolute Gasteiger partial charge is 0.465 e. The van der Waals surface area contributed by atoms with Gasteiger partial charge < -0.3 is 14.4 Å². The molecule has 1 aromatic rings. The van der Waals surface area contributed by atoms with E-state index in [9.17, 15) is 9.59 Å². The molecule has 0 aromatic heterocycles. The summed E-state index contributed by atoms with van der Waals surface area (Å²) in [6.07, 6.45) is 1.51. The first-order valence-electron chi connectivity index (χ1n) is 8.07. The third-order valence-electron chi connectivity index (χ3n) is 4.02. The first-order valence-corrected chi connectivity index (χ1v) is 8.86. The van der Waals surface area contributed by atoms with Gasteiger partial charge >= 0.3 is 12.1 Å². The molecule has 2 rings (SSSR count). The van der Waals surface area contributed by atoms with Crippen LogP contribution in [0.1, 0.15) is 55.5 Å². The highest BCUT2D eigenvalue weighted by molar-refractivity contribution is 9.10. The molecule has 1 amide bonds. The summed E-state index contributed by atoms with van der Waals surface area (Å²) < 4.78 is 10.9. The summed E-state index contributed by atoms with van der Waals surface area (Å²) in [7, 11) is 1.37. The van der Waals surface area contributed by atoms with Gasteiger partial charge in [-0.05, 0) is 73.2 Å². The van der Waals surface area contributed by atoms with E-state index < -0.39 is 5.60 Å². The maximum atomic E-state index is 12.1. The van der Waals surface area contributed by atoms with Crippen molar-refractivity contribution in [1.82, 2.24) is 4.90 Å². The molecule has 0 N–H and O–H groups in total. The molecule has 0 radical (unpaired) electrons. The van der Waals surface area contributed by atoms with Gasteiger partial charge in [0.2, 0.25) is 0 Å². The zero-order valence-corrected chi connectivity index (χ0v) is 16.2. The first-order chi connectivity index (χ1) is 11.2. The maximum Gasteiger partial charge on any atom is 0.410 e. The standard InChI is InChI=1S/C18H24BrNO4/c1-18(2,3)24-17(22)20-9-7-12(8-10-20)13-5-6-14(15(19)11-13)16(21)23-4/h5-6,11-12H,7-10H2,1-4H3. The number of likely N-dealkylation sites (tertiary alicyclic amines) is 1. The highest BCUT2D eigenvalue weighted by Crippen LogP contribution is 2.31. The van der Waals surface area contributed by atoms with E-state index in [0.29, 0.717) is 24.6 Å². The Morgan fingerprint density at radius 3 is 2.33 bits per heavy atom. The Balaban J connectivity index is 1.98. The fraction of sp³-hybridized carbons (Fsp3) is 0.556. The molecule has 6 heteroatoms. The van der Waals surface area contributed by atoms with Crippen molar-refractivity contribution in [1.29, 1.82) is 0 Å². The minimum absolute atomic E-state index is 0.247. The molecule has 1 aliphatic heterocycles. The van der Waals surface area contributed by atoms with Crippen LogP contribution in [0.15, 0.2) is 22.7 Å². The summed E-state index contributed by atoms with van der Waals surface area (Å²) in [5.74, 6) is 0.0138. The van der Waals surface area contributed by atoms with Crippen molar-refractivity contribution in [3.63, 3.8) is 0 Å². The molecule has 0 atom stereocenters. The number of methoxy groups -OCH3 is 1. The Kier molecular flexibility index (Phi) is 5.91. The van der Waals surface area contributed by atoms with Gasteiger partial charge in [-0.1, -0.05) is 6.07 Å². The van der Waals surface area contributed by atoms with Crippen LogP contribution in [-0.4, -0.2) is 42.8 Å². The number of carbonyl (C=O) groups is 2. The minimum Gasteiger partial charge on any atom is -0.465 e. The lowest BCUT2D eigenvalue weighted by Crippen LogP contribution is -2.41. The summed E-state index contributed by atoms with van der Waals surface area (Å²) in [6, 6.07) is 5.72. The van der Waals surface area contributed by atoms with E-state index in [-0.39, 0.29) is 12.1 Å². The predicted octanol–water partition coefficient (Wildman–Crippen LogP) is 4.35. The zero-order valence-electron chi connectivity index (χ0n) is 14.6. The molecule has 0 saturated carbocycles. The molecule has 0 aliphatic carbocycles. The Morgan fingerprint density at radius 2 is 1.83 bits per heavy atom. The number of esters is 1. The van der Waals surface area contributed by atoms with Crippen molar-refractivity contribution in [3.05, 3.63) is 33.8 Å². The molecule has 0 spiro atoms. The van der Waals surface area contributed by atoms with Crippen molar-refractivity contribution in [2.75, 3.05) is 20.2 Å².